The Bertz CT molecular complexity index is 391. The van der Waals surface area contributed by atoms with E-state index in [0.717, 1.165) is 18.5 Å². The average Bonchev–Trinajstić information content (AvgIpc) is 2.44. The smallest absolute Gasteiger partial charge is 0.217 e. The van der Waals surface area contributed by atoms with Gasteiger partial charge in [-0.2, -0.15) is 0 Å². The fourth-order valence-electron chi connectivity index (χ4n) is 1.62. The molecule has 0 atom stereocenters. The molecule has 1 aromatic rings. The SMILES string of the molecule is COCCOCCCOc1ncccc1CNC(C)(C)C. The Labute approximate surface area is 128 Å². The Morgan fingerprint density at radius 3 is 2.67 bits per heavy atom. The second-order valence-corrected chi connectivity index (χ2v) is 5.88. The summed E-state index contributed by atoms with van der Waals surface area (Å²) in [5.74, 6) is 0.700. The second kappa shape index (κ2) is 9.71. The van der Waals surface area contributed by atoms with Crippen molar-refractivity contribution in [2.24, 2.45) is 0 Å². The van der Waals surface area contributed by atoms with Crippen LogP contribution in [-0.2, 0) is 16.0 Å². The van der Waals surface area contributed by atoms with Crippen LogP contribution in [0.5, 0.6) is 5.88 Å². The van der Waals surface area contributed by atoms with Crippen LogP contribution in [0.15, 0.2) is 18.3 Å². The highest BCUT2D eigenvalue weighted by atomic mass is 16.5. The quantitative estimate of drug-likeness (QED) is 0.672. The normalized spacial score (nSPS) is 11.6. The molecule has 5 heteroatoms. The van der Waals surface area contributed by atoms with E-state index in [0.29, 0.717) is 32.3 Å². The Balaban J connectivity index is 2.31. The van der Waals surface area contributed by atoms with Crippen molar-refractivity contribution in [3.05, 3.63) is 23.9 Å². The first-order chi connectivity index (χ1) is 10.0. The predicted octanol–water partition coefficient (Wildman–Crippen LogP) is 2.40. The van der Waals surface area contributed by atoms with Gasteiger partial charge in [-0.05, 0) is 26.8 Å². The number of nitrogens with one attached hydrogen (secondary N) is 1. The molecule has 0 spiro atoms. The zero-order chi connectivity index (χ0) is 15.6. The van der Waals surface area contributed by atoms with Crippen LogP contribution in [0.2, 0.25) is 0 Å². The fourth-order valence-corrected chi connectivity index (χ4v) is 1.62. The van der Waals surface area contributed by atoms with E-state index < -0.39 is 0 Å². The predicted molar refractivity (Wildman–Crippen MR) is 83.6 cm³/mol. The average molecular weight is 296 g/mol. The molecule has 0 amide bonds. The minimum absolute atomic E-state index is 0.0717. The van der Waals surface area contributed by atoms with Crippen LogP contribution in [-0.4, -0.2) is 44.1 Å². The molecular formula is C16H28N2O3. The number of aromatic nitrogens is 1. The number of hydrogen-bond acceptors (Lipinski definition) is 5. The summed E-state index contributed by atoms with van der Waals surface area (Å²) in [5.41, 5.74) is 1.15. The molecule has 1 rings (SSSR count). The zero-order valence-electron chi connectivity index (χ0n) is 13.6. The van der Waals surface area contributed by atoms with Crippen molar-refractivity contribution < 1.29 is 14.2 Å². The van der Waals surface area contributed by atoms with Crippen molar-refractivity contribution in [3.63, 3.8) is 0 Å². The number of hydrogen-bond donors (Lipinski definition) is 1. The summed E-state index contributed by atoms with van der Waals surface area (Å²) in [4.78, 5) is 4.30. The van der Waals surface area contributed by atoms with Gasteiger partial charge in [-0.15, -0.1) is 0 Å². The van der Waals surface area contributed by atoms with E-state index in [1.165, 1.54) is 0 Å². The van der Waals surface area contributed by atoms with Crippen LogP contribution in [0.25, 0.3) is 0 Å². The van der Waals surface area contributed by atoms with Crippen LogP contribution in [0.1, 0.15) is 32.8 Å². The number of ether oxygens (including phenoxy) is 3. The van der Waals surface area contributed by atoms with Gasteiger partial charge in [-0.3, -0.25) is 0 Å². The summed E-state index contributed by atoms with van der Waals surface area (Å²) in [5, 5.41) is 3.44. The third-order valence-corrected chi connectivity index (χ3v) is 2.76. The maximum Gasteiger partial charge on any atom is 0.217 e. The van der Waals surface area contributed by atoms with Gasteiger partial charge in [0.2, 0.25) is 5.88 Å². The summed E-state index contributed by atoms with van der Waals surface area (Å²) in [6.45, 7) is 9.70. The summed E-state index contributed by atoms with van der Waals surface area (Å²) in [7, 11) is 1.67. The first-order valence-corrected chi connectivity index (χ1v) is 7.41. The van der Waals surface area contributed by atoms with E-state index in [2.05, 4.69) is 31.1 Å². The minimum atomic E-state index is 0.0717. The molecule has 5 nitrogen and oxygen atoms in total. The van der Waals surface area contributed by atoms with Gasteiger partial charge in [-0.1, -0.05) is 6.07 Å². The first-order valence-electron chi connectivity index (χ1n) is 7.41. The summed E-state index contributed by atoms with van der Waals surface area (Å²) < 4.78 is 16.1. The molecule has 1 aromatic heterocycles. The lowest BCUT2D eigenvalue weighted by atomic mass is 10.1. The Morgan fingerprint density at radius 2 is 1.95 bits per heavy atom. The lowest BCUT2D eigenvalue weighted by molar-refractivity contribution is 0.0641. The first kappa shape index (κ1) is 17.9. The van der Waals surface area contributed by atoms with Gasteiger partial charge in [0.25, 0.3) is 0 Å². The van der Waals surface area contributed by atoms with Crippen LogP contribution in [0, 0.1) is 0 Å². The molecule has 0 bridgehead atoms. The van der Waals surface area contributed by atoms with Gasteiger partial charge in [0.15, 0.2) is 0 Å². The maximum atomic E-state index is 5.75. The van der Waals surface area contributed by atoms with E-state index >= 15 is 0 Å². The van der Waals surface area contributed by atoms with Gasteiger partial charge in [-0.25, -0.2) is 4.98 Å². The molecule has 0 aliphatic rings. The van der Waals surface area contributed by atoms with E-state index in [-0.39, 0.29) is 5.54 Å². The lowest BCUT2D eigenvalue weighted by Gasteiger charge is -2.21. The molecule has 120 valence electrons. The molecule has 1 heterocycles. The summed E-state index contributed by atoms with van der Waals surface area (Å²) in [6, 6.07) is 3.97. The minimum Gasteiger partial charge on any atom is -0.477 e. The topological polar surface area (TPSA) is 52.6 Å². The fraction of sp³-hybridized carbons (Fsp3) is 0.688. The van der Waals surface area contributed by atoms with Crippen molar-refractivity contribution in [2.75, 3.05) is 33.5 Å². The van der Waals surface area contributed by atoms with Crippen LogP contribution in [0.3, 0.4) is 0 Å². The van der Waals surface area contributed by atoms with Crippen molar-refractivity contribution in [1.82, 2.24) is 10.3 Å². The van der Waals surface area contributed by atoms with Gasteiger partial charge < -0.3 is 19.5 Å². The third-order valence-electron chi connectivity index (χ3n) is 2.76. The van der Waals surface area contributed by atoms with Gasteiger partial charge >= 0.3 is 0 Å². The lowest BCUT2D eigenvalue weighted by Crippen LogP contribution is -2.35. The molecule has 0 aliphatic carbocycles. The number of nitrogens with zero attached hydrogens (tertiary/aromatic N) is 1. The van der Waals surface area contributed by atoms with E-state index in [9.17, 15) is 0 Å². The Kier molecular flexibility index (Phi) is 8.27. The van der Waals surface area contributed by atoms with Gasteiger partial charge in [0, 0.05) is 44.0 Å². The zero-order valence-corrected chi connectivity index (χ0v) is 13.6. The Hall–Kier alpha value is -1.17. The van der Waals surface area contributed by atoms with Crippen molar-refractivity contribution in [1.29, 1.82) is 0 Å². The molecule has 1 N–H and O–H groups in total. The second-order valence-electron chi connectivity index (χ2n) is 5.88. The molecule has 21 heavy (non-hydrogen) atoms. The van der Waals surface area contributed by atoms with E-state index in [4.69, 9.17) is 14.2 Å². The monoisotopic (exact) mass is 296 g/mol. The Morgan fingerprint density at radius 1 is 1.14 bits per heavy atom. The van der Waals surface area contributed by atoms with Crippen LogP contribution >= 0.6 is 0 Å². The van der Waals surface area contributed by atoms with Crippen molar-refractivity contribution >= 4 is 0 Å². The number of rotatable bonds is 10. The highest BCUT2D eigenvalue weighted by molar-refractivity contribution is 5.25. The molecule has 0 radical (unpaired) electrons. The van der Waals surface area contributed by atoms with Gasteiger partial charge in [0.05, 0.1) is 19.8 Å². The molecule has 0 unspecified atom stereocenters. The maximum absolute atomic E-state index is 5.75. The van der Waals surface area contributed by atoms with Gasteiger partial charge in [0.1, 0.15) is 0 Å². The third kappa shape index (κ3) is 8.65. The van der Waals surface area contributed by atoms with Crippen LogP contribution in [0.4, 0.5) is 0 Å². The number of pyridine rings is 1. The summed E-state index contributed by atoms with van der Waals surface area (Å²) in [6.07, 6.45) is 2.59. The molecule has 0 aliphatic heterocycles. The van der Waals surface area contributed by atoms with Crippen LogP contribution < -0.4 is 10.1 Å². The molecule has 0 saturated carbocycles. The van der Waals surface area contributed by atoms with E-state index in [1.54, 1.807) is 13.3 Å². The molecular weight excluding hydrogens is 268 g/mol. The molecule has 0 saturated heterocycles. The largest absolute Gasteiger partial charge is 0.477 e. The standard InChI is InChI=1S/C16H28N2O3/c1-16(2,3)18-13-14-7-5-8-17-15(14)21-10-6-9-20-12-11-19-4/h5,7-8,18H,6,9-13H2,1-4H3. The molecule has 0 aromatic carbocycles. The highest BCUT2D eigenvalue weighted by Crippen LogP contribution is 2.15. The number of methoxy groups -OCH3 is 1. The van der Waals surface area contributed by atoms with Crippen molar-refractivity contribution in [2.45, 2.75) is 39.3 Å². The van der Waals surface area contributed by atoms with E-state index in [1.807, 2.05) is 12.1 Å². The summed E-state index contributed by atoms with van der Waals surface area (Å²) >= 11 is 0. The highest BCUT2D eigenvalue weighted by Gasteiger charge is 2.11. The van der Waals surface area contributed by atoms with Crippen molar-refractivity contribution in [3.8, 4) is 5.88 Å². The molecule has 0 fully saturated rings.